The molecule has 2 N–H and O–H groups in total. The number of nitrogens with zero attached hydrogens (tertiary/aromatic N) is 1. The summed E-state index contributed by atoms with van der Waals surface area (Å²) in [6.07, 6.45) is -0.355. The van der Waals surface area contributed by atoms with E-state index in [2.05, 4.69) is 16.7 Å². The van der Waals surface area contributed by atoms with E-state index in [1.165, 1.54) is 0 Å². The van der Waals surface area contributed by atoms with Crippen molar-refractivity contribution in [3.05, 3.63) is 42.0 Å². The summed E-state index contributed by atoms with van der Waals surface area (Å²) in [5.41, 5.74) is 4.70. The number of aryl methyl sites for hydroxylation is 1. The highest BCUT2D eigenvalue weighted by atomic mass is 19.1. The molecule has 1 amide bonds. The second-order valence-corrected chi connectivity index (χ2v) is 6.48. The molecular formula is C19H20FN3O2. The van der Waals surface area contributed by atoms with Gasteiger partial charge in [-0.15, -0.1) is 0 Å². The van der Waals surface area contributed by atoms with Gasteiger partial charge in [0.25, 0.3) is 0 Å². The number of hydrogen-bond acceptors (Lipinski definition) is 4. The summed E-state index contributed by atoms with van der Waals surface area (Å²) in [5.74, 6) is 0.632. The van der Waals surface area contributed by atoms with Crippen molar-refractivity contribution in [2.75, 3.05) is 35.2 Å². The first-order chi connectivity index (χ1) is 12.1. The lowest BCUT2D eigenvalue weighted by molar-refractivity contribution is -0.116. The second kappa shape index (κ2) is 6.27. The molecule has 2 aromatic carbocycles. The third kappa shape index (κ3) is 3.24. The van der Waals surface area contributed by atoms with Gasteiger partial charge in [-0.3, -0.25) is 4.79 Å². The van der Waals surface area contributed by atoms with Crippen molar-refractivity contribution in [3.8, 4) is 5.75 Å². The standard InChI is InChI=1S/C19H20FN3O2/c1-12-8-15(23-10-13(20)11-23)3-5-16(12)21-14-2-4-17-18(9-14)25-7-6-19(24)22-17/h2-5,8-9,13,21H,6-7,10-11H2,1H3,(H,22,24). The van der Waals surface area contributed by atoms with Crippen LogP contribution in [0.15, 0.2) is 36.4 Å². The summed E-state index contributed by atoms with van der Waals surface area (Å²) in [7, 11) is 0. The van der Waals surface area contributed by atoms with Crippen molar-refractivity contribution < 1.29 is 13.9 Å². The fraction of sp³-hybridized carbons (Fsp3) is 0.316. The first-order valence-electron chi connectivity index (χ1n) is 8.42. The van der Waals surface area contributed by atoms with E-state index >= 15 is 0 Å². The van der Waals surface area contributed by atoms with E-state index in [0.29, 0.717) is 37.6 Å². The number of anilines is 4. The van der Waals surface area contributed by atoms with Gasteiger partial charge in [0, 0.05) is 23.1 Å². The molecule has 130 valence electrons. The van der Waals surface area contributed by atoms with E-state index in [4.69, 9.17) is 4.74 Å². The molecule has 2 heterocycles. The van der Waals surface area contributed by atoms with Crippen LogP contribution in [0.25, 0.3) is 0 Å². The van der Waals surface area contributed by atoms with Crippen LogP contribution < -0.4 is 20.3 Å². The minimum atomic E-state index is -0.710. The zero-order valence-corrected chi connectivity index (χ0v) is 14.0. The largest absolute Gasteiger partial charge is 0.491 e. The van der Waals surface area contributed by atoms with Gasteiger partial charge in [0.1, 0.15) is 11.9 Å². The fourth-order valence-electron chi connectivity index (χ4n) is 3.07. The Morgan fingerprint density at radius 1 is 1.24 bits per heavy atom. The first-order valence-corrected chi connectivity index (χ1v) is 8.42. The van der Waals surface area contributed by atoms with Gasteiger partial charge in [0.2, 0.25) is 5.91 Å². The number of rotatable bonds is 3. The summed E-state index contributed by atoms with van der Waals surface area (Å²) < 4.78 is 18.7. The summed E-state index contributed by atoms with van der Waals surface area (Å²) in [4.78, 5) is 13.6. The van der Waals surface area contributed by atoms with Crippen molar-refractivity contribution in [2.45, 2.75) is 19.5 Å². The van der Waals surface area contributed by atoms with Crippen molar-refractivity contribution in [2.24, 2.45) is 0 Å². The summed E-state index contributed by atoms with van der Waals surface area (Å²) in [5, 5.41) is 6.21. The molecule has 0 saturated carbocycles. The monoisotopic (exact) mass is 341 g/mol. The van der Waals surface area contributed by atoms with Gasteiger partial charge < -0.3 is 20.3 Å². The van der Waals surface area contributed by atoms with Gasteiger partial charge in [-0.2, -0.15) is 0 Å². The Hall–Kier alpha value is -2.76. The number of halogens is 1. The van der Waals surface area contributed by atoms with E-state index in [0.717, 1.165) is 22.6 Å². The third-order valence-corrected chi connectivity index (χ3v) is 4.53. The molecule has 5 nitrogen and oxygen atoms in total. The smallest absolute Gasteiger partial charge is 0.227 e. The number of benzene rings is 2. The van der Waals surface area contributed by atoms with Crippen molar-refractivity contribution in [1.82, 2.24) is 0 Å². The Kier molecular flexibility index (Phi) is 3.95. The molecule has 6 heteroatoms. The number of alkyl halides is 1. The van der Waals surface area contributed by atoms with Crippen LogP contribution in [0.5, 0.6) is 5.75 Å². The molecule has 1 fully saturated rings. The molecule has 2 aliphatic rings. The van der Waals surface area contributed by atoms with E-state index < -0.39 is 6.17 Å². The molecule has 0 spiro atoms. The quantitative estimate of drug-likeness (QED) is 0.895. The summed E-state index contributed by atoms with van der Waals surface area (Å²) in [6.45, 7) is 3.35. The topological polar surface area (TPSA) is 53.6 Å². The lowest BCUT2D eigenvalue weighted by atomic mass is 10.1. The van der Waals surface area contributed by atoms with Crippen molar-refractivity contribution >= 4 is 28.7 Å². The number of hydrogen-bond donors (Lipinski definition) is 2. The SMILES string of the molecule is Cc1cc(N2CC(F)C2)ccc1Nc1ccc2c(c1)OCCC(=O)N2. The molecule has 0 unspecified atom stereocenters. The van der Waals surface area contributed by atoms with Gasteiger partial charge in [0.15, 0.2) is 0 Å². The van der Waals surface area contributed by atoms with E-state index in [1.807, 2.05) is 42.2 Å². The van der Waals surface area contributed by atoms with E-state index in [-0.39, 0.29) is 5.91 Å². The Bertz CT molecular complexity index is 818. The van der Waals surface area contributed by atoms with Crippen molar-refractivity contribution in [3.63, 3.8) is 0 Å². The highest BCUT2D eigenvalue weighted by Crippen LogP contribution is 2.33. The highest BCUT2D eigenvalue weighted by molar-refractivity contribution is 5.93. The van der Waals surface area contributed by atoms with Crippen LogP contribution in [-0.4, -0.2) is 31.8 Å². The van der Waals surface area contributed by atoms with Crippen molar-refractivity contribution in [1.29, 1.82) is 0 Å². The zero-order valence-electron chi connectivity index (χ0n) is 14.0. The highest BCUT2D eigenvalue weighted by Gasteiger charge is 2.26. The first kappa shape index (κ1) is 15.7. The average Bonchev–Trinajstić information content (AvgIpc) is 2.74. The Balaban J connectivity index is 1.52. The van der Waals surface area contributed by atoms with Crippen LogP contribution in [0, 0.1) is 6.92 Å². The Morgan fingerprint density at radius 3 is 2.84 bits per heavy atom. The molecule has 25 heavy (non-hydrogen) atoms. The molecule has 2 aromatic rings. The molecule has 0 atom stereocenters. The van der Waals surface area contributed by atoms with Gasteiger partial charge in [-0.1, -0.05) is 0 Å². The molecule has 0 aliphatic carbocycles. The maximum atomic E-state index is 13.0. The van der Waals surface area contributed by atoms with Crippen LogP contribution in [-0.2, 0) is 4.79 Å². The molecule has 1 saturated heterocycles. The van der Waals surface area contributed by atoms with Gasteiger partial charge in [-0.05, 0) is 42.8 Å². The third-order valence-electron chi connectivity index (χ3n) is 4.53. The fourth-order valence-corrected chi connectivity index (χ4v) is 3.07. The summed E-state index contributed by atoms with van der Waals surface area (Å²) >= 11 is 0. The molecule has 0 bridgehead atoms. The van der Waals surface area contributed by atoms with E-state index in [9.17, 15) is 9.18 Å². The average molecular weight is 341 g/mol. The van der Waals surface area contributed by atoms with Gasteiger partial charge in [-0.25, -0.2) is 4.39 Å². The van der Waals surface area contributed by atoms with Crippen LogP contribution in [0.4, 0.5) is 27.1 Å². The molecule has 0 aromatic heterocycles. The number of carbonyl (C=O) groups excluding carboxylic acids is 1. The molecule has 0 radical (unpaired) electrons. The predicted octanol–water partition coefficient (Wildman–Crippen LogP) is 3.62. The molecule has 4 rings (SSSR count). The Labute approximate surface area is 145 Å². The minimum absolute atomic E-state index is 0.0348. The van der Waals surface area contributed by atoms with Gasteiger partial charge in [0.05, 0.1) is 31.8 Å². The van der Waals surface area contributed by atoms with E-state index in [1.54, 1.807) is 0 Å². The maximum Gasteiger partial charge on any atom is 0.227 e. The lowest BCUT2D eigenvalue weighted by Crippen LogP contribution is -2.48. The summed E-state index contributed by atoms with van der Waals surface area (Å²) in [6, 6.07) is 11.7. The zero-order chi connectivity index (χ0) is 17.4. The van der Waals surface area contributed by atoms with Crippen LogP contribution in [0.3, 0.4) is 0 Å². The second-order valence-electron chi connectivity index (χ2n) is 6.48. The number of nitrogens with one attached hydrogen (secondary N) is 2. The number of ether oxygens (including phenoxy) is 1. The van der Waals surface area contributed by atoms with Crippen LogP contribution in [0.1, 0.15) is 12.0 Å². The number of fused-ring (bicyclic) bond motifs is 1. The molecular weight excluding hydrogens is 321 g/mol. The number of amides is 1. The van der Waals surface area contributed by atoms with Crippen LogP contribution >= 0.6 is 0 Å². The number of carbonyl (C=O) groups is 1. The van der Waals surface area contributed by atoms with Crippen LogP contribution in [0.2, 0.25) is 0 Å². The Morgan fingerprint density at radius 2 is 2.08 bits per heavy atom. The lowest BCUT2D eigenvalue weighted by Gasteiger charge is -2.36. The predicted molar refractivity (Wildman–Crippen MR) is 96.8 cm³/mol. The minimum Gasteiger partial charge on any atom is -0.491 e. The maximum absolute atomic E-state index is 13.0. The van der Waals surface area contributed by atoms with Gasteiger partial charge >= 0.3 is 0 Å². The molecule has 2 aliphatic heterocycles. The normalized spacial score (nSPS) is 17.0.